The van der Waals surface area contributed by atoms with E-state index in [1.165, 1.54) is 4.68 Å². The molecule has 0 unspecified atom stereocenters. The average molecular weight is 476 g/mol. The number of aromatic nitrogens is 4. The Bertz CT molecular complexity index is 1440. The van der Waals surface area contributed by atoms with Crippen LogP contribution in [0.5, 0.6) is 11.5 Å². The Morgan fingerprint density at radius 1 is 0.971 bits per heavy atom. The molecule has 0 spiro atoms. The summed E-state index contributed by atoms with van der Waals surface area (Å²) in [6, 6.07) is 13.5. The largest absolute Gasteiger partial charge is 0.493 e. The highest BCUT2D eigenvalue weighted by atomic mass is 16.5. The lowest BCUT2D eigenvalue weighted by molar-refractivity contribution is -0.121. The first-order chi connectivity index (χ1) is 16.8. The number of carbonyl (C=O) groups is 1. The van der Waals surface area contributed by atoms with Gasteiger partial charge < -0.3 is 14.8 Å². The highest BCUT2D eigenvalue weighted by Crippen LogP contribution is 2.27. The number of ether oxygens (including phenoxy) is 2. The van der Waals surface area contributed by atoms with E-state index in [9.17, 15) is 9.59 Å². The molecular weight excluding hydrogens is 446 g/mol. The van der Waals surface area contributed by atoms with Gasteiger partial charge in [-0.2, -0.15) is 10.2 Å². The molecule has 4 aromatic rings. The summed E-state index contributed by atoms with van der Waals surface area (Å²) in [5, 5.41) is 12.5. The van der Waals surface area contributed by atoms with Gasteiger partial charge in [0, 0.05) is 6.54 Å². The van der Waals surface area contributed by atoms with Gasteiger partial charge in [0.25, 0.3) is 5.56 Å². The van der Waals surface area contributed by atoms with Crippen LogP contribution in [0.15, 0.2) is 47.3 Å². The number of methoxy groups -OCH3 is 2. The minimum Gasteiger partial charge on any atom is -0.493 e. The third kappa shape index (κ3) is 4.89. The molecule has 2 aromatic heterocycles. The molecule has 0 atom stereocenters. The van der Waals surface area contributed by atoms with Gasteiger partial charge in [0.2, 0.25) is 5.91 Å². The average Bonchev–Trinajstić information content (AvgIpc) is 3.20. The first-order valence-electron chi connectivity index (χ1n) is 11.3. The summed E-state index contributed by atoms with van der Waals surface area (Å²) in [6.45, 7) is 5.97. The van der Waals surface area contributed by atoms with Crippen LogP contribution in [0.4, 0.5) is 0 Å². The maximum absolute atomic E-state index is 13.1. The van der Waals surface area contributed by atoms with E-state index in [-0.39, 0.29) is 12.5 Å². The molecule has 0 saturated heterocycles. The normalized spacial score (nSPS) is 11.0. The number of benzene rings is 2. The SMILES string of the molecule is COc1ccc(CCNC(=O)Cn2nc(C)c3c(C)n(-c4ccc(C)cc4)nc3c2=O)cc1OC. The van der Waals surface area contributed by atoms with E-state index >= 15 is 0 Å². The summed E-state index contributed by atoms with van der Waals surface area (Å²) < 4.78 is 13.5. The first kappa shape index (κ1) is 24.0. The molecular formula is C26H29N5O4. The summed E-state index contributed by atoms with van der Waals surface area (Å²) in [6.07, 6.45) is 0.604. The minimum atomic E-state index is -0.394. The third-order valence-electron chi connectivity index (χ3n) is 5.94. The van der Waals surface area contributed by atoms with Crippen LogP contribution >= 0.6 is 0 Å². The second kappa shape index (κ2) is 10.0. The molecule has 0 bridgehead atoms. The predicted octanol–water partition coefficient (Wildman–Crippen LogP) is 2.88. The monoisotopic (exact) mass is 475 g/mol. The number of carbonyl (C=O) groups excluding carboxylic acids is 1. The standard InChI is InChI=1S/C26H29N5O4/c1-16-6-9-20(10-7-16)31-18(3)24-17(2)28-30(26(33)25(24)29-31)15-23(32)27-13-12-19-8-11-21(34-4)22(14-19)35-5/h6-11,14H,12-13,15H2,1-5H3,(H,27,32). The van der Waals surface area contributed by atoms with Crippen LogP contribution in [-0.4, -0.2) is 46.2 Å². The van der Waals surface area contributed by atoms with Gasteiger partial charge in [0.05, 0.1) is 36.7 Å². The van der Waals surface area contributed by atoms with Crippen molar-refractivity contribution in [3.63, 3.8) is 0 Å². The van der Waals surface area contributed by atoms with Crippen LogP contribution < -0.4 is 20.3 Å². The van der Waals surface area contributed by atoms with Crippen LogP contribution in [0.25, 0.3) is 16.6 Å². The van der Waals surface area contributed by atoms with Gasteiger partial charge in [0.15, 0.2) is 17.0 Å². The molecule has 0 aliphatic heterocycles. The van der Waals surface area contributed by atoms with Gasteiger partial charge in [0.1, 0.15) is 6.54 Å². The Balaban J connectivity index is 1.49. The summed E-state index contributed by atoms with van der Waals surface area (Å²) >= 11 is 0. The molecule has 1 N–H and O–H groups in total. The second-order valence-corrected chi connectivity index (χ2v) is 8.39. The van der Waals surface area contributed by atoms with E-state index < -0.39 is 5.56 Å². The van der Waals surface area contributed by atoms with E-state index in [2.05, 4.69) is 15.5 Å². The van der Waals surface area contributed by atoms with Crippen molar-refractivity contribution in [2.45, 2.75) is 33.7 Å². The van der Waals surface area contributed by atoms with Crippen molar-refractivity contribution in [2.75, 3.05) is 20.8 Å². The topological polar surface area (TPSA) is 100 Å². The Hall–Kier alpha value is -4.14. The minimum absolute atomic E-state index is 0.183. The zero-order valence-electron chi connectivity index (χ0n) is 20.6. The Kier molecular flexibility index (Phi) is 6.86. The number of hydrogen-bond acceptors (Lipinski definition) is 6. The fourth-order valence-electron chi connectivity index (χ4n) is 4.10. The number of amides is 1. The van der Waals surface area contributed by atoms with E-state index in [0.717, 1.165) is 22.5 Å². The number of fused-ring (bicyclic) bond motifs is 1. The molecule has 0 saturated carbocycles. The van der Waals surface area contributed by atoms with Crippen LogP contribution in [0.2, 0.25) is 0 Å². The Labute approximate surface area is 203 Å². The first-order valence-corrected chi connectivity index (χ1v) is 11.3. The quantitative estimate of drug-likeness (QED) is 0.421. The zero-order chi connectivity index (χ0) is 25.1. The Morgan fingerprint density at radius 3 is 2.37 bits per heavy atom. The van der Waals surface area contributed by atoms with Gasteiger partial charge in [-0.3, -0.25) is 9.59 Å². The molecule has 9 heteroatoms. The summed E-state index contributed by atoms with van der Waals surface area (Å²) in [7, 11) is 3.17. The van der Waals surface area contributed by atoms with E-state index in [4.69, 9.17) is 9.47 Å². The maximum Gasteiger partial charge on any atom is 0.295 e. The fourth-order valence-corrected chi connectivity index (χ4v) is 4.10. The number of rotatable bonds is 8. The van der Waals surface area contributed by atoms with Gasteiger partial charge in [-0.05, 0) is 57.0 Å². The van der Waals surface area contributed by atoms with Gasteiger partial charge >= 0.3 is 0 Å². The second-order valence-electron chi connectivity index (χ2n) is 8.39. The molecule has 0 aliphatic carbocycles. The molecule has 35 heavy (non-hydrogen) atoms. The Morgan fingerprint density at radius 2 is 1.69 bits per heavy atom. The number of nitrogens with zero attached hydrogens (tertiary/aromatic N) is 4. The van der Waals surface area contributed by atoms with Crippen molar-refractivity contribution in [1.29, 1.82) is 0 Å². The van der Waals surface area contributed by atoms with Crippen molar-refractivity contribution >= 4 is 16.8 Å². The fraction of sp³-hybridized carbons (Fsp3) is 0.308. The van der Waals surface area contributed by atoms with Gasteiger partial charge in [-0.1, -0.05) is 23.8 Å². The lowest BCUT2D eigenvalue weighted by Gasteiger charge is -2.10. The molecule has 0 fully saturated rings. The highest BCUT2D eigenvalue weighted by molar-refractivity contribution is 5.83. The van der Waals surface area contributed by atoms with Crippen molar-refractivity contribution in [3.8, 4) is 17.2 Å². The molecule has 4 rings (SSSR count). The summed E-state index contributed by atoms with van der Waals surface area (Å²) in [4.78, 5) is 25.7. The van der Waals surface area contributed by atoms with Gasteiger partial charge in [-0.15, -0.1) is 0 Å². The lowest BCUT2D eigenvalue weighted by Crippen LogP contribution is -2.35. The predicted molar refractivity (Wildman–Crippen MR) is 134 cm³/mol. The van der Waals surface area contributed by atoms with Crippen molar-refractivity contribution in [1.82, 2.24) is 24.9 Å². The summed E-state index contributed by atoms with van der Waals surface area (Å²) in [5.74, 6) is 0.987. The highest BCUT2D eigenvalue weighted by Gasteiger charge is 2.18. The van der Waals surface area contributed by atoms with Crippen molar-refractivity contribution < 1.29 is 14.3 Å². The van der Waals surface area contributed by atoms with Crippen molar-refractivity contribution in [2.24, 2.45) is 0 Å². The zero-order valence-corrected chi connectivity index (χ0v) is 20.6. The van der Waals surface area contributed by atoms with Crippen LogP contribution in [-0.2, 0) is 17.8 Å². The number of nitrogens with one attached hydrogen (secondary N) is 1. The molecule has 0 radical (unpaired) electrons. The van der Waals surface area contributed by atoms with Crippen molar-refractivity contribution in [3.05, 3.63) is 75.3 Å². The van der Waals surface area contributed by atoms with Crippen LogP contribution in [0.1, 0.15) is 22.5 Å². The van der Waals surface area contributed by atoms with Crippen LogP contribution in [0.3, 0.4) is 0 Å². The molecule has 0 aliphatic rings. The number of aryl methyl sites for hydroxylation is 3. The molecule has 2 heterocycles. The molecule has 182 valence electrons. The van der Waals surface area contributed by atoms with E-state index in [1.807, 2.05) is 63.2 Å². The van der Waals surface area contributed by atoms with E-state index in [0.29, 0.717) is 41.1 Å². The molecule has 9 nitrogen and oxygen atoms in total. The molecule has 2 aromatic carbocycles. The lowest BCUT2D eigenvalue weighted by atomic mass is 10.1. The third-order valence-corrected chi connectivity index (χ3v) is 5.94. The molecule has 1 amide bonds. The maximum atomic E-state index is 13.1. The number of hydrogen-bond donors (Lipinski definition) is 1. The smallest absolute Gasteiger partial charge is 0.295 e. The van der Waals surface area contributed by atoms with Gasteiger partial charge in [-0.25, -0.2) is 9.36 Å². The summed E-state index contributed by atoms with van der Waals surface area (Å²) in [5.41, 5.74) is 4.38. The van der Waals surface area contributed by atoms with E-state index in [1.54, 1.807) is 18.9 Å². The van der Waals surface area contributed by atoms with Crippen LogP contribution in [0, 0.1) is 20.8 Å².